The second-order valence-corrected chi connectivity index (χ2v) is 8.72. The summed E-state index contributed by atoms with van der Waals surface area (Å²) in [5.41, 5.74) is 4.51. The third kappa shape index (κ3) is 3.10. The van der Waals surface area contributed by atoms with Gasteiger partial charge < -0.3 is 5.32 Å². The van der Waals surface area contributed by atoms with E-state index >= 15 is 0 Å². The normalized spacial score (nSPS) is 11.4. The van der Waals surface area contributed by atoms with Gasteiger partial charge in [0.25, 0.3) is 5.91 Å². The van der Waals surface area contributed by atoms with Gasteiger partial charge in [0.05, 0.1) is 10.6 Å². The molecule has 29 heavy (non-hydrogen) atoms. The molecule has 4 heterocycles. The van der Waals surface area contributed by atoms with Crippen LogP contribution >= 0.6 is 22.7 Å². The van der Waals surface area contributed by atoms with Crippen LogP contribution in [0.1, 0.15) is 26.8 Å². The number of rotatable bonds is 3. The highest BCUT2D eigenvalue weighted by atomic mass is 32.1. The lowest BCUT2D eigenvalue weighted by Gasteiger charge is -2.05. The largest absolute Gasteiger partial charge is 0.321 e. The van der Waals surface area contributed by atoms with Crippen molar-refractivity contribution in [2.45, 2.75) is 20.8 Å². The Kier molecular flexibility index (Phi) is 4.18. The van der Waals surface area contributed by atoms with E-state index in [1.807, 2.05) is 67.2 Å². The Hall–Kier alpha value is -3.10. The predicted octanol–water partition coefficient (Wildman–Crippen LogP) is 5.25. The molecule has 1 aromatic carbocycles. The van der Waals surface area contributed by atoms with Gasteiger partial charge in [0, 0.05) is 40.1 Å². The number of benzene rings is 1. The van der Waals surface area contributed by atoms with Crippen molar-refractivity contribution in [3.63, 3.8) is 0 Å². The number of fused-ring (bicyclic) bond motifs is 2. The van der Waals surface area contributed by atoms with Gasteiger partial charge in [-0.05, 0) is 38.5 Å². The standard InChI is InChI=1S/C21H17N5OS2/c1-11-17-12(2)22-13(3)23-20(17)29-18(11)19(27)24-15-6-4-14(5-7-15)16-10-26-8-9-28-21(26)25-16/h4-10H,1-3H3,(H,24,27). The van der Waals surface area contributed by atoms with Gasteiger partial charge in [-0.1, -0.05) is 12.1 Å². The molecule has 0 fully saturated rings. The Bertz CT molecular complexity index is 1350. The zero-order chi connectivity index (χ0) is 20.1. The van der Waals surface area contributed by atoms with Crippen molar-refractivity contribution in [2.75, 3.05) is 5.32 Å². The lowest BCUT2D eigenvalue weighted by atomic mass is 10.1. The van der Waals surface area contributed by atoms with Crippen molar-refractivity contribution < 1.29 is 4.79 Å². The third-order valence-corrected chi connectivity index (χ3v) is 6.78. The predicted molar refractivity (Wildman–Crippen MR) is 118 cm³/mol. The number of aromatic nitrogens is 4. The molecule has 0 atom stereocenters. The lowest BCUT2D eigenvalue weighted by molar-refractivity contribution is 0.103. The summed E-state index contributed by atoms with van der Waals surface area (Å²) in [5.74, 6) is 0.593. The first-order valence-electron chi connectivity index (χ1n) is 9.08. The van der Waals surface area contributed by atoms with E-state index in [-0.39, 0.29) is 5.91 Å². The number of hydrogen-bond donors (Lipinski definition) is 1. The van der Waals surface area contributed by atoms with Crippen molar-refractivity contribution in [1.29, 1.82) is 0 Å². The highest BCUT2D eigenvalue weighted by Gasteiger charge is 2.19. The molecule has 1 amide bonds. The summed E-state index contributed by atoms with van der Waals surface area (Å²) in [7, 11) is 0. The lowest BCUT2D eigenvalue weighted by Crippen LogP contribution is -2.11. The van der Waals surface area contributed by atoms with Crippen LogP contribution in [-0.4, -0.2) is 25.3 Å². The molecule has 0 aliphatic rings. The van der Waals surface area contributed by atoms with Crippen LogP contribution in [0, 0.1) is 20.8 Å². The monoisotopic (exact) mass is 419 g/mol. The van der Waals surface area contributed by atoms with Crippen LogP contribution in [0.15, 0.2) is 42.0 Å². The highest BCUT2D eigenvalue weighted by molar-refractivity contribution is 7.20. The van der Waals surface area contributed by atoms with E-state index in [2.05, 4.69) is 20.3 Å². The molecule has 5 rings (SSSR count). The van der Waals surface area contributed by atoms with Crippen molar-refractivity contribution in [3.05, 3.63) is 64.0 Å². The van der Waals surface area contributed by atoms with Gasteiger partial charge >= 0.3 is 0 Å². The van der Waals surface area contributed by atoms with Crippen molar-refractivity contribution >= 4 is 49.4 Å². The van der Waals surface area contributed by atoms with Crippen LogP contribution in [0.3, 0.4) is 0 Å². The third-order valence-electron chi connectivity index (χ3n) is 4.82. The summed E-state index contributed by atoms with van der Waals surface area (Å²) in [6.45, 7) is 5.77. The Balaban J connectivity index is 1.41. The number of imidazole rings is 1. The second kappa shape index (κ2) is 6.75. The number of amides is 1. The molecular weight excluding hydrogens is 402 g/mol. The van der Waals surface area contributed by atoms with E-state index in [1.54, 1.807) is 11.3 Å². The molecule has 0 radical (unpaired) electrons. The van der Waals surface area contributed by atoms with Gasteiger partial charge in [-0.25, -0.2) is 15.0 Å². The van der Waals surface area contributed by atoms with Crippen LogP contribution in [0.5, 0.6) is 0 Å². The fourth-order valence-corrected chi connectivity index (χ4v) is 5.34. The minimum atomic E-state index is -0.127. The summed E-state index contributed by atoms with van der Waals surface area (Å²) in [5, 5.41) is 5.98. The summed E-state index contributed by atoms with van der Waals surface area (Å²) < 4.78 is 2.01. The van der Waals surface area contributed by atoms with Gasteiger partial charge in [0.1, 0.15) is 10.7 Å². The maximum Gasteiger partial charge on any atom is 0.266 e. The molecule has 0 saturated carbocycles. The van der Waals surface area contributed by atoms with E-state index in [0.29, 0.717) is 4.88 Å². The maximum atomic E-state index is 12.9. The smallest absolute Gasteiger partial charge is 0.266 e. The number of hydrogen-bond acceptors (Lipinski definition) is 6. The molecule has 0 saturated heterocycles. The van der Waals surface area contributed by atoms with Crippen LogP contribution in [0.25, 0.3) is 26.4 Å². The average molecular weight is 420 g/mol. The van der Waals surface area contributed by atoms with E-state index < -0.39 is 0 Å². The van der Waals surface area contributed by atoms with E-state index in [4.69, 9.17) is 0 Å². The zero-order valence-corrected chi connectivity index (χ0v) is 17.7. The minimum Gasteiger partial charge on any atom is -0.321 e. The van der Waals surface area contributed by atoms with Gasteiger partial charge in [-0.15, -0.1) is 22.7 Å². The number of carbonyl (C=O) groups is 1. The number of thiophene rings is 1. The van der Waals surface area contributed by atoms with Crippen LogP contribution in [0.2, 0.25) is 0 Å². The zero-order valence-electron chi connectivity index (χ0n) is 16.1. The van der Waals surface area contributed by atoms with E-state index in [1.165, 1.54) is 11.3 Å². The van der Waals surface area contributed by atoms with Crippen molar-refractivity contribution in [2.24, 2.45) is 0 Å². The molecule has 1 N–H and O–H groups in total. The van der Waals surface area contributed by atoms with E-state index in [0.717, 1.165) is 49.2 Å². The molecule has 4 aromatic heterocycles. The first-order valence-corrected chi connectivity index (χ1v) is 10.8. The molecule has 0 aliphatic carbocycles. The maximum absolute atomic E-state index is 12.9. The SMILES string of the molecule is Cc1nc(C)c2c(C)c(C(=O)Nc3ccc(-c4cn5ccsc5n4)cc3)sc2n1. The fraction of sp³-hybridized carbons (Fsp3) is 0.143. The molecular formula is C21H17N5OS2. The molecule has 5 aromatic rings. The fourth-order valence-electron chi connectivity index (χ4n) is 3.47. The first kappa shape index (κ1) is 18.0. The number of nitrogens with one attached hydrogen (secondary N) is 1. The quantitative estimate of drug-likeness (QED) is 0.434. The van der Waals surface area contributed by atoms with Crippen molar-refractivity contribution in [3.8, 4) is 11.3 Å². The highest BCUT2D eigenvalue weighted by Crippen LogP contribution is 2.32. The summed E-state index contributed by atoms with van der Waals surface area (Å²) >= 11 is 3.01. The van der Waals surface area contributed by atoms with Crippen LogP contribution in [-0.2, 0) is 0 Å². The number of thiazole rings is 1. The first-order chi connectivity index (χ1) is 14.0. The Morgan fingerprint density at radius 2 is 1.86 bits per heavy atom. The number of anilines is 1. The van der Waals surface area contributed by atoms with Gasteiger partial charge in [0.15, 0.2) is 4.96 Å². The molecule has 6 nitrogen and oxygen atoms in total. The molecule has 0 unspecified atom stereocenters. The average Bonchev–Trinajstić information content (AvgIpc) is 3.35. The van der Waals surface area contributed by atoms with Gasteiger partial charge in [-0.2, -0.15) is 0 Å². The summed E-state index contributed by atoms with van der Waals surface area (Å²) in [6.07, 6.45) is 4.00. The molecule has 144 valence electrons. The number of aryl methyl sites for hydroxylation is 3. The second-order valence-electron chi connectivity index (χ2n) is 6.84. The van der Waals surface area contributed by atoms with E-state index in [9.17, 15) is 4.79 Å². The Morgan fingerprint density at radius 3 is 2.62 bits per heavy atom. The Labute approximate surface area is 174 Å². The van der Waals surface area contributed by atoms with Gasteiger partial charge in [-0.3, -0.25) is 9.20 Å². The number of nitrogens with zero attached hydrogens (tertiary/aromatic N) is 4. The molecule has 0 spiro atoms. The number of carbonyl (C=O) groups excluding carboxylic acids is 1. The molecule has 8 heteroatoms. The van der Waals surface area contributed by atoms with Crippen LogP contribution < -0.4 is 5.32 Å². The topological polar surface area (TPSA) is 72.2 Å². The van der Waals surface area contributed by atoms with Crippen LogP contribution in [0.4, 0.5) is 5.69 Å². The molecule has 0 bridgehead atoms. The Morgan fingerprint density at radius 1 is 1.07 bits per heavy atom. The van der Waals surface area contributed by atoms with Gasteiger partial charge in [0.2, 0.25) is 0 Å². The van der Waals surface area contributed by atoms with Crippen molar-refractivity contribution in [1.82, 2.24) is 19.4 Å². The summed E-state index contributed by atoms with van der Waals surface area (Å²) in [6, 6.07) is 7.74. The summed E-state index contributed by atoms with van der Waals surface area (Å²) in [4.78, 5) is 28.9. The minimum absolute atomic E-state index is 0.127. The molecule has 0 aliphatic heterocycles.